The fraction of sp³-hybridized carbons (Fsp3) is 0.318. The molecule has 3 aromatic rings. The summed E-state index contributed by atoms with van der Waals surface area (Å²) in [6, 6.07) is 12.0. The number of nitrogens with one attached hydrogen (secondary N) is 1. The Balaban J connectivity index is 1.59. The molecule has 7 nitrogen and oxygen atoms in total. The Labute approximate surface area is 170 Å². The molecule has 0 saturated heterocycles. The van der Waals surface area contributed by atoms with Gasteiger partial charge in [-0.25, -0.2) is 9.78 Å². The van der Waals surface area contributed by atoms with Crippen LogP contribution in [-0.2, 0) is 13.1 Å². The van der Waals surface area contributed by atoms with Gasteiger partial charge in [-0.15, -0.1) is 0 Å². The monoisotopic (exact) mass is 390 g/mol. The van der Waals surface area contributed by atoms with Crippen LogP contribution in [-0.4, -0.2) is 26.8 Å². The number of nitrogen functional groups attached to an aromatic ring is 1. The Hall–Kier alpha value is -3.35. The minimum atomic E-state index is -0.0806. The normalized spacial score (nSPS) is 13.3. The number of aromatic nitrogens is 3. The van der Waals surface area contributed by atoms with Crippen LogP contribution in [0.15, 0.2) is 48.8 Å². The van der Waals surface area contributed by atoms with Gasteiger partial charge in [-0.3, -0.25) is 9.58 Å². The number of amides is 2. The molecule has 29 heavy (non-hydrogen) atoms. The van der Waals surface area contributed by atoms with Crippen molar-refractivity contribution < 1.29 is 4.79 Å². The second-order valence-corrected chi connectivity index (χ2v) is 7.61. The fourth-order valence-corrected chi connectivity index (χ4v) is 3.41. The van der Waals surface area contributed by atoms with Gasteiger partial charge < -0.3 is 11.1 Å². The van der Waals surface area contributed by atoms with Gasteiger partial charge in [-0.1, -0.05) is 12.1 Å². The number of aryl methyl sites for hydroxylation is 2. The third-order valence-corrected chi connectivity index (χ3v) is 5.19. The molecule has 2 aromatic heterocycles. The lowest BCUT2D eigenvalue weighted by atomic mass is 10.1. The Bertz CT molecular complexity index is 970. The number of anilines is 2. The Morgan fingerprint density at radius 2 is 2.03 bits per heavy atom. The van der Waals surface area contributed by atoms with Crippen LogP contribution in [0.4, 0.5) is 16.3 Å². The maximum Gasteiger partial charge on any atom is 0.322 e. The molecule has 0 aliphatic heterocycles. The summed E-state index contributed by atoms with van der Waals surface area (Å²) in [5.74, 6) is 0.501. The van der Waals surface area contributed by atoms with E-state index in [1.807, 2.05) is 61.1 Å². The third kappa shape index (κ3) is 4.56. The molecule has 3 N–H and O–H groups in total. The van der Waals surface area contributed by atoms with Crippen LogP contribution in [0, 0.1) is 13.8 Å². The predicted octanol–water partition coefficient (Wildman–Crippen LogP) is 3.40. The van der Waals surface area contributed by atoms with E-state index in [1.165, 1.54) is 0 Å². The number of hydrogen-bond donors (Lipinski definition) is 2. The smallest absolute Gasteiger partial charge is 0.322 e. The SMILES string of the molecule is Cc1cc(N)nc(C)c1CN(C(=O)NC1CC1)c1ccc(Cn2cccn2)cc1. The molecule has 1 aliphatic carbocycles. The Kier molecular flexibility index (Phi) is 5.20. The Morgan fingerprint density at radius 1 is 1.28 bits per heavy atom. The number of urea groups is 1. The van der Waals surface area contributed by atoms with Crippen LogP contribution in [0.5, 0.6) is 0 Å². The van der Waals surface area contributed by atoms with Crippen LogP contribution in [0.3, 0.4) is 0 Å². The van der Waals surface area contributed by atoms with E-state index >= 15 is 0 Å². The molecule has 1 aliphatic rings. The first-order valence-electron chi connectivity index (χ1n) is 9.86. The number of rotatable bonds is 6. The van der Waals surface area contributed by atoms with Crippen molar-refractivity contribution in [3.8, 4) is 0 Å². The lowest BCUT2D eigenvalue weighted by Gasteiger charge is -2.25. The van der Waals surface area contributed by atoms with E-state index in [1.54, 1.807) is 11.1 Å². The lowest BCUT2D eigenvalue weighted by molar-refractivity contribution is 0.245. The van der Waals surface area contributed by atoms with Crippen molar-refractivity contribution in [3.63, 3.8) is 0 Å². The summed E-state index contributed by atoms with van der Waals surface area (Å²) in [7, 11) is 0. The lowest BCUT2D eigenvalue weighted by Crippen LogP contribution is -2.41. The van der Waals surface area contributed by atoms with E-state index in [9.17, 15) is 4.79 Å². The van der Waals surface area contributed by atoms with Crippen molar-refractivity contribution in [2.24, 2.45) is 0 Å². The zero-order valence-corrected chi connectivity index (χ0v) is 16.8. The molecular weight excluding hydrogens is 364 g/mol. The summed E-state index contributed by atoms with van der Waals surface area (Å²) >= 11 is 0. The van der Waals surface area contributed by atoms with Gasteiger partial charge in [0.2, 0.25) is 0 Å². The zero-order valence-electron chi connectivity index (χ0n) is 16.8. The van der Waals surface area contributed by atoms with Gasteiger partial charge in [0.25, 0.3) is 0 Å². The number of carbonyl (C=O) groups excluding carboxylic acids is 1. The molecule has 1 aromatic carbocycles. The largest absolute Gasteiger partial charge is 0.384 e. The van der Waals surface area contributed by atoms with Crippen molar-refractivity contribution in [1.82, 2.24) is 20.1 Å². The molecule has 0 radical (unpaired) electrons. The average molecular weight is 390 g/mol. The Morgan fingerprint density at radius 3 is 2.66 bits per heavy atom. The predicted molar refractivity (Wildman–Crippen MR) is 114 cm³/mol. The average Bonchev–Trinajstić information content (AvgIpc) is 3.34. The summed E-state index contributed by atoms with van der Waals surface area (Å²) in [6.07, 6.45) is 5.79. The minimum Gasteiger partial charge on any atom is -0.384 e. The van der Waals surface area contributed by atoms with Crippen molar-refractivity contribution in [1.29, 1.82) is 0 Å². The highest BCUT2D eigenvalue weighted by atomic mass is 16.2. The molecular formula is C22H26N6O. The van der Waals surface area contributed by atoms with Crippen LogP contribution >= 0.6 is 0 Å². The van der Waals surface area contributed by atoms with Gasteiger partial charge >= 0.3 is 6.03 Å². The van der Waals surface area contributed by atoms with Crippen LogP contribution in [0.1, 0.15) is 35.2 Å². The first-order valence-corrected chi connectivity index (χ1v) is 9.86. The highest BCUT2D eigenvalue weighted by Crippen LogP contribution is 2.25. The summed E-state index contributed by atoms with van der Waals surface area (Å²) in [6.45, 7) is 5.08. The second-order valence-electron chi connectivity index (χ2n) is 7.61. The molecule has 0 bridgehead atoms. The maximum atomic E-state index is 13.0. The summed E-state index contributed by atoms with van der Waals surface area (Å²) in [4.78, 5) is 19.1. The number of nitrogens with two attached hydrogens (primary N) is 1. The molecule has 7 heteroatoms. The summed E-state index contributed by atoms with van der Waals surface area (Å²) in [5, 5.41) is 7.35. The summed E-state index contributed by atoms with van der Waals surface area (Å²) < 4.78 is 1.87. The molecule has 2 amide bonds. The first kappa shape index (κ1) is 19.0. The number of carbonyl (C=O) groups is 1. The van der Waals surface area contributed by atoms with E-state index in [0.717, 1.165) is 40.9 Å². The third-order valence-electron chi connectivity index (χ3n) is 5.19. The zero-order chi connectivity index (χ0) is 20.4. The van der Waals surface area contributed by atoms with E-state index in [2.05, 4.69) is 15.4 Å². The first-order chi connectivity index (χ1) is 14.0. The van der Waals surface area contributed by atoms with Crippen molar-refractivity contribution in [3.05, 3.63) is 71.2 Å². The highest BCUT2D eigenvalue weighted by Gasteiger charge is 2.27. The topological polar surface area (TPSA) is 89.1 Å². The minimum absolute atomic E-state index is 0.0806. The molecule has 4 rings (SSSR count). The molecule has 1 saturated carbocycles. The molecule has 0 spiro atoms. The molecule has 0 atom stereocenters. The van der Waals surface area contributed by atoms with Crippen molar-refractivity contribution >= 4 is 17.5 Å². The van der Waals surface area contributed by atoms with Crippen LogP contribution in [0.2, 0.25) is 0 Å². The second kappa shape index (κ2) is 7.95. The standard InChI is InChI=1S/C22H26N6O/c1-15-12-21(23)25-16(2)20(15)14-28(22(29)26-18-6-7-18)19-8-4-17(5-9-19)13-27-11-3-10-24-27/h3-5,8-12,18H,6-7,13-14H2,1-2H3,(H2,23,25)(H,26,29). The molecule has 0 unspecified atom stereocenters. The number of pyridine rings is 1. The number of benzene rings is 1. The van der Waals surface area contributed by atoms with Crippen LogP contribution < -0.4 is 16.0 Å². The van der Waals surface area contributed by atoms with Crippen LogP contribution in [0.25, 0.3) is 0 Å². The van der Waals surface area contributed by atoms with Gasteiger partial charge in [0.05, 0.1) is 13.1 Å². The maximum absolute atomic E-state index is 13.0. The fourth-order valence-electron chi connectivity index (χ4n) is 3.41. The molecule has 2 heterocycles. The number of nitrogens with zero attached hydrogens (tertiary/aromatic N) is 4. The van der Waals surface area contributed by atoms with Crippen molar-refractivity contribution in [2.75, 3.05) is 10.6 Å². The van der Waals surface area contributed by atoms with Gasteiger partial charge in [0.1, 0.15) is 5.82 Å². The highest BCUT2D eigenvalue weighted by molar-refractivity contribution is 5.92. The summed E-state index contributed by atoms with van der Waals surface area (Å²) in [5.41, 5.74) is 10.7. The van der Waals surface area contributed by atoms with Gasteiger partial charge in [0.15, 0.2) is 0 Å². The van der Waals surface area contributed by atoms with E-state index in [0.29, 0.717) is 18.9 Å². The quantitative estimate of drug-likeness (QED) is 0.675. The van der Waals surface area contributed by atoms with Gasteiger partial charge in [-0.2, -0.15) is 5.10 Å². The van der Waals surface area contributed by atoms with Crippen molar-refractivity contribution in [2.45, 2.75) is 45.8 Å². The molecule has 150 valence electrons. The molecule has 1 fully saturated rings. The van der Waals surface area contributed by atoms with E-state index < -0.39 is 0 Å². The van der Waals surface area contributed by atoms with E-state index in [4.69, 9.17) is 5.73 Å². The number of hydrogen-bond acceptors (Lipinski definition) is 4. The van der Waals surface area contributed by atoms with E-state index in [-0.39, 0.29) is 12.1 Å². The van der Waals surface area contributed by atoms with Gasteiger partial charge in [-0.05, 0) is 67.6 Å². The van der Waals surface area contributed by atoms with Gasteiger partial charge in [0, 0.05) is 29.8 Å².